The molecular formula is C75H146O17P2. The van der Waals surface area contributed by atoms with E-state index in [1.807, 2.05) is 0 Å². The monoisotopic (exact) mass is 1380 g/mol. The molecule has 0 aliphatic rings. The lowest BCUT2D eigenvalue weighted by Crippen LogP contribution is -2.30. The third-order valence-corrected chi connectivity index (χ3v) is 19.4. The van der Waals surface area contributed by atoms with Gasteiger partial charge in [0.05, 0.1) is 26.4 Å². The Kier molecular flexibility index (Phi) is 65.5. The minimum atomic E-state index is -4.95. The smallest absolute Gasteiger partial charge is 0.462 e. The summed E-state index contributed by atoms with van der Waals surface area (Å²) in [5, 5.41) is 10.6. The molecule has 558 valence electrons. The summed E-state index contributed by atoms with van der Waals surface area (Å²) in [6.07, 6.45) is 54.4. The number of rotatable bonds is 74. The molecule has 0 saturated heterocycles. The number of hydrogen-bond donors (Lipinski definition) is 3. The second-order valence-corrected chi connectivity index (χ2v) is 30.9. The zero-order valence-corrected chi connectivity index (χ0v) is 63.1. The molecule has 0 saturated carbocycles. The molecule has 0 amide bonds. The van der Waals surface area contributed by atoms with Gasteiger partial charge in [-0.2, -0.15) is 0 Å². The summed E-state index contributed by atoms with van der Waals surface area (Å²) < 4.78 is 68.4. The zero-order valence-electron chi connectivity index (χ0n) is 61.3. The number of carbonyl (C=O) groups is 4. The van der Waals surface area contributed by atoms with Crippen molar-refractivity contribution in [3.05, 3.63) is 0 Å². The largest absolute Gasteiger partial charge is 0.472 e. The van der Waals surface area contributed by atoms with Crippen molar-refractivity contribution in [3.63, 3.8) is 0 Å². The first-order valence-corrected chi connectivity index (χ1v) is 42.0. The summed E-state index contributed by atoms with van der Waals surface area (Å²) in [5.41, 5.74) is 0. The maximum atomic E-state index is 13.1. The summed E-state index contributed by atoms with van der Waals surface area (Å²) >= 11 is 0. The fourth-order valence-corrected chi connectivity index (χ4v) is 13.1. The zero-order chi connectivity index (χ0) is 69.3. The van der Waals surface area contributed by atoms with Gasteiger partial charge in [-0.1, -0.05) is 337 Å². The molecule has 19 heteroatoms. The highest BCUT2D eigenvalue weighted by atomic mass is 31.2. The number of aliphatic hydroxyl groups excluding tert-OH is 1. The van der Waals surface area contributed by atoms with Crippen molar-refractivity contribution in [1.29, 1.82) is 0 Å². The van der Waals surface area contributed by atoms with Crippen molar-refractivity contribution < 1.29 is 80.2 Å². The van der Waals surface area contributed by atoms with Crippen LogP contribution in [0.5, 0.6) is 0 Å². The molecule has 17 nitrogen and oxygen atoms in total. The average molecular weight is 1380 g/mol. The van der Waals surface area contributed by atoms with E-state index in [0.717, 1.165) is 102 Å². The SMILES string of the molecule is CCCCCCCCCCCCCCCCCCCCCCCCC(=O)O[C@H](COC(=O)CCCCCCCCCCC(C)C)COP(=O)(O)OC[C@@H](O)COP(=O)(O)OC[C@@H](COC(=O)CCCCCCCCCCCC)OC(=O)CCCCCCCCCCC(C)C. The molecule has 94 heavy (non-hydrogen) atoms. The molecule has 0 bridgehead atoms. The molecule has 0 rings (SSSR count). The Morgan fingerprint density at radius 1 is 0.287 bits per heavy atom. The quantitative estimate of drug-likeness (QED) is 0.0222. The van der Waals surface area contributed by atoms with Gasteiger partial charge < -0.3 is 33.8 Å². The van der Waals surface area contributed by atoms with E-state index in [2.05, 4.69) is 41.5 Å². The van der Waals surface area contributed by atoms with Crippen LogP contribution in [0, 0.1) is 11.8 Å². The highest BCUT2D eigenvalue weighted by molar-refractivity contribution is 7.47. The number of phosphoric acid groups is 2. The Bertz CT molecular complexity index is 1820. The number of esters is 4. The Balaban J connectivity index is 5.15. The first-order valence-electron chi connectivity index (χ1n) is 39.0. The lowest BCUT2D eigenvalue weighted by atomic mass is 10.0. The molecule has 5 atom stereocenters. The Morgan fingerprint density at radius 3 is 0.723 bits per heavy atom. The molecule has 0 aliphatic heterocycles. The van der Waals surface area contributed by atoms with Gasteiger partial charge in [0.25, 0.3) is 0 Å². The molecule has 0 aromatic heterocycles. The van der Waals surface area contributed by atoms with Crippen LogP contribution in [0.25, 0.3) is 0 Å². The van der Waals surface area contributed by atoms with Crippen LogP contribution in [0.2, 0.25) is 0 Å². The number of aliphatic hydroxyl groups is 1. The number of hydrogen-bond acceptors (Lipinski definition) is 15. The van der Waals surface area contributed by atoms with Gasteiger partial charge in [-0.05, 0) is 37.5 Å². The predicted molar refractivity (Wildman–Crippen MR) is 381 cm³/mol. The third-order valence-electron chi connectivity index (χ3n) is 17.5. The van der Waals surface area contributed by atoms with Gasteiger partial charge in [-0.15, -0.1) is 0 Å². The second-order valence-electron chi connectivity index (χ2n) is 28.0. The first kappa shape index (κ1) is 92.1. The van der Waals surface area contributed by atoms with Crippen LogP contribution in [0.3, 0.4) is 0 Å². The normalized spacial score (nSPS) is 14.0. The van der Waals surface area contributed by atoms with Crippen molar-refractivity contribution in [2.75, 3.05) is 39.6 Å². The predicted octanol–water partition coefficient (Wildman–Crippen LogP) is 21.9. The molecule has 0 aliphatic carbocycles. The van der Waals surface area contributed by atoms with Crippen LogP contribution in [0.15, 0.2) is 0 Å². The van der Waals surface area contributed by atoms with E-state index >= 15 is 0 Å². The summed E-state index contributed by atoms with van der Waals surface area (Å²) in [5.74, 6) is -0.678. The summed E-state index contributed by atoms with van der Waals surface area (Å²) in [4.78, 5) is 72.6. The number of carbonyl (C=O) groups excluding carboxylic acids is 4. The summed E-state index contributed by atoms with van der Waals surface area (Å²) in [7, 11) is -9.91. The van der Waals surface area contributed by atoms with Gasteiger partial charge in [0.15, 0.2) is 12.2 Å². The molecule has 0 aromatic rings. The van der Waals surface area contributed by atoms with Crippen molar-refractivity contribution in [2.45, 2.75) is 407 Å². The Morgan fingerprint density at radius 2 is 0.489 bits per heavy atom. The lowest BCUT2D eigenvalue weighted by molar-refractivity contribution is -0.161. The number of ether oxygens (including phenoxy) is 4. The summed E-state index contributed by atoms with van der Waals surface area (Å²) in [6, 6.07) is 0. The van der Waals surface area contributed by atoms with Crippen LogP contribution in [0.1, 0.15) is 388 Å². The van der Waals surface area contributed by atoms with E-state index < -0.39 is 97.5 Å². The third kappa shape index (κ3) is 68.6. The van der Waals surface area contributed by atoms with Crippen LogP contribution >= 0.6 is 15.6 Å². The molecule has 0 spiro atoms. The van der Waals surface area contributed by atoms with Crippen LogP contribution < -0.4 is 0 Å². The molecule has 0 heterocycles. The standard InChI is InChI=1S/C75H146O17P2/c1-7-9-11-13-15-17-19-20-21-22-23-24-25-26-27-28-29-30-32-41-47-53-59-74(79)91-70(64-86-73(78)58-52-46-40-35-33-37-43-49-55-67(3)4)65-89-93(81,82)87-61-69(76)62-88-94(83,84)90-66-71(63-85-72(77)57-51-45-39-31-18-16-14-12-10-8-2)92-75(80)60-54-48-42-36-34-38-44-50-56-68(5)6/h67-71,76H,7-66H2,1-6H3,(H,81,82)(H,83,84)/t69-,70-,71-/m1/s1. The highest BCUT2D eigenvalue weighted by Gasteiger charge is 2.30. The summed E-state index contributed by atoms with van der Waals surface area (Å²) in [6.45, 7) is 9.49. The molecule has 0 fully saturated rings. The molecule has 2 unspecified atom stereocenters. The molecule has 0 aromatic carbocycles. The number of unbranched alkanes of at least 4 members (excludes halogenated alkanes) is 44. The van der Waals surface area contributed by atoms with E-state index in [0.29, 0.717) is 25.7 Å². The van der Waals surface area contributed by atoms with Crippen LogP contribution in [-0.4, -0.2) is 96.7 Å². The second kappa shape index (κ2) is 66.9. The fourth-order valence-electron chi connectivity index (χ4n) is 11.5. The van der Waals surface area contributed by atoms with E-state index in [9.17, 15) is 43.2 Å². The maximum Gasteiger partial charge on any atom is 0.472 e. The van der Waals surface area contributed by atoms with E-state index in [1.165, 1.54) is 205 Å². The molecular weight excluding hydrogens is 1230 g/mol. The minimum Gasteiger partial charge on any atom is -0.462 e. The molecule has 0 radical (unpaired) electrons. The van der Waals surface area contributed by atoms with Gasteiger partial charge in [-0.3, -0.25) is 37.3 Å². The lowest BCUT2D eigenvalue weighted by Gasteiger charge is -2.21. The first-order chi connectivity index (χ1) is 45.4. The highest BCUT2D eigenvalue weighted by Crippen LogP contribution is 2.45. The van der Waals surface area contributed by atoms with Gasteiger partial charge in [0.1, 0.15) is 19.3 Å². The molecule has 3 N–H and O–H groups in total. The van der Waals surface area contributed by atoms with Gasteiger partial charge in [-0.25, -0.2) is 9.13 Å². The Hall–Kier alpha value is -1.94. The van der Waals surface area contributed by atoms with Crippen molar-refractivity contribution in [1.82, 2.24) is 0 Å². The van der Waals surface area contributed by atoms with Gasteiger partial charge in [0, 0.05) is 25.7 Å². The fraction of sp³-hybridized carbons (Fsp3) is 0.947. The van der Waals surface area contributed by atoms with Crippen LogP contribution in [0.4, 0.5) is 0 Å². The average Bonchev–Trinajstić information content (AvgIpc) is 2.62. The number of phosphoric ester groups is 2. The minimum absolute atomic E-state index is 0.105. The Labute approximate surface area is 575 Å². The maximum absolute atomic E-state index is 13.1. The van der Waals surface area contributed by atoms with Crippen molar-refractivity contribution in [2.24, 2.45) is 11.8 Å². The van der Waals surface area contributed by atoms with Gasteiger partial charge >= 0.3 is 39.5 Å². The van der Waals surface area contributed by atoms with Gasteiger partial charge in [0.2, 0.25) is 0 Å². The van der Waals surface area contributed by atoms with E-state index in [4.69, 9.17) is 37.0 Å². The van der Waals surface area contributed by atoms with Crippen LogP contribution in [-0.2, 0) is 65.4 Å². The van der Waals surface area contributed by atoms with E-state index in [-0.39, 0.29) is 25.7 Å². The topological polar surface area (TPSA) is 237 Å². The van der Waals surface area contributed by atoms with Crippen molar-refractivity contribution >= 4 is 39.5 Å². The van der Waals surface area contributed by atoms with E-state index in [1.54, 1.807) is 0 Å². The van der Waals surface area contributed by atoms with Crippen molar-refractivity contribution in [3.8, 4) is 0 Å².